The molecule has 2 amide bonds. The summed E-state index contributed by atoms with van der Waals surface area (Å²) in [7, 11) is 0. The molecule has 1 N–H and O–H groups in total. The molecule has 3 aromatic rings. The Kier molecular flexibility index (Phi) is 5.54. The van der Waals surface area contributed by atoms with Gasteiger partial charge in [-0.15, -0.1) is 11.3 Å². The standard InChI is InChI=1S/C21H21N3O2S2/c1-14-4-2-3-5-17(14)19(25)22-16-6-9-24(10-7-16)21(26)18-13-28-20(23-18)15-8-11-27-12-15/h2-5,8,11-13,16H,6-7,9-10H2,1H3,(H,22,25). The molecule has 1 saturated heterocycles. The third-order valence-electron chi connectivity index (χ3n) is 5.00. The summed E-state index contributed by atoms with van der Waals surface area (Å²) in [4.78, 5) is 31.6. The van der Waals surface area contributed by atoms with Crippen LogP contribution in [-0.2, 0) is 0 Å². The summed E-state index contributed by atoms with van der Waals surface area (Å²) in [5, 5.41) is 9.87. The number of thiophene rings is 1. The first-order valence-electron chi connectivity index (χ1n) is 9.25. The van der Waals surface area contributed by atoms with Gasteiger partial charge in [0.1, 0.15) is 10.7 Å². The number of rotatable bonds is 4. The summed E-state index contributed by atoms with van der Waals surface area (Å²) >= 11 is 3.12. The Hall–Kier alpha value is -2.51. The third kappa shape index (κ3) is 4.00. The van der Waals surface area contributed by atoms with Crippen LogP contribution in [0.15, 0.2) is 46.5 Å². The molecular formula is C21H21N3O2S2. The first kappa shape index (κ1) is 18.8. The summed E-state index contributed by atoms with van der Waals surface area (Å²) in [6.07, 6.45) is 1.51. The number of nitrogens with one attached hydrogen (secondary N) is 1. The number of carbonyl (C=O) groups excluding carboxylic acids is 2. The number of aryl methyl sites for hydroxylation is 1. The van der Waals surface area contributed by atoms with Gasteiger partial charge in [0.2, 0.25) is 0 Å². The zero-order valence-corrected chi connectivity index (χ0v) is 17.2. The summed E-state index contributed by atoms with van der Waals surface area (Å²) < 4.78 is 0. The molecule has 1 aliphatic rings. The minimum Gasteiger partial charge on any atom is -0.349 e. The number of piperidine rings is 1. The van der Waals surface area contributed by atoms with Gasteiger partial charge in [-0.1, -0.05) is 18.2 Å². The molecule has 1 fully saturated rings. The SMILES string of the molecule is Cc1ccccc1C(=O)NC1CCN(C(=O)c2csc(-c3ccsc3)n2)CC1. The first-order chi connectivity index (χ1) is 13.6. The molecule has 2 aromatic heterocycles. The number of thiazole rings is 1. The molecule has 0 saturated carbocycles. The second-order valence-corrected chi connectivity index (χ2v) is 8.54. The van der Waals surface area contributed by atoms with Gasteiger partial charge in [0.15, 0.2) is 0 Å². The van der Waals surface area contributed by atoms with Crippen LogP contribution in [0.2, 0.25) is 0 Å². The van der Waals surface area contributed by atoms with Crippen molar-refractivity contribution in [2.75, 3.05) is 13.1 Å². The Morgan fingerprint density at radius 3 is 2.64 bits per heavy atom. The van der Waals surface area contributed by atoms with Crippen LogP contribution < -0.4 is 5.32 Å². The van der Waals surface area contributed by atoms with Crippen molar-refractivity contribution in [3.63, 3.8) is 0 Å². The van der Waals surface area contributed by atoms with Crippen LogP contribution in [0.5, 0.6) is 0 Å². The zero-order valence-electron chi connectivity index (χ0n) is 15.6. The highest BCUT2D eigenvalue weighted by Crippen LogP contribution is 2.26. The summed E-state index contributed by atoms with van der Waals surface area (Å²) in [5.74, 6) is -0.0656. The first-order valence-corrected chi connectivity index (χ1v) is 11.1. The second kappa shape index (κ2) is 8.24. The summed E-state index contributed by atoms with van der Waals surface area (Å²) in [5.41, 5.74) is 3.25. The minimum atomic E-state index is -0.0391. The molecule has 0 unspecified atom stereocenters. The number of nitrogens with zero attached hydrogens (tertiary/aromatic N) is 2. The van der Waals surface area contributed by atoms with E-state index in [0.717, 1.165) is 29.0 Å². The normalized spacial score (nSPS) is 14.8. The molecule has 0 radical (unpaired) electrons. The monoisotopic (exact) mass is 411 g/mol. The maximum atomic E-state index is 12.8. The predicted molar refractivity (Wildman–Crippen MR) is 113 cm³/mol. The van der Waals surface area contributed by atoms with Crippen LogP contribution in [0.3, 0.4) is 0 Å². The van der Waals surface area contributed by atoms with E-state index in [9.17, 15) is 9.59 Å². The number of hydrogen-bond donors (Lipinski definition) is 1. The fourth-order valence-electron chi connectivity index (χ4n) is 3.37. The molecular weight excluding hydrogens is 390 g/mol. The van der Waals surface area contributed by atoms with E-state index in [-0.39, 0.29) is 17.9 Å². The number of carbonyl (C=O) groups is 2. The zero-order chi connectivity index (χ0) is 19.5. The smallest absolute Gasteiger partial charge is 0.273 e. The van der Waals surface area contributed by atoms with Crippen molar-refractivity contribution in [2.45, 2.75) is 25.8 Å². The van der Waals surface area contributed by atoms with Crippen LogP contribution in [0.4, 0.5) is 0 Å². The molecule has 28 heavy (non-hydrogen) atoms. The number of amides is 2. The van der Waals surface area contributed by atoms with Gasteiger partial charge < -0.3 is 10.2 Å². The number of likely N-dealkylation sites (tertiary alicyclic amines) is 1. The molecule has 144 valence electrons. The average Bonchev–Trinajstić information content (AvgIpc) is 3.40. The van der Waals surface area contributed by atoms with Crippen molar-refractivity contribution in [1.82, 2.24) is 15.2 Å². The quantitative estimate of drug-likeness (QED) is 0.699. The molecule has 7 heteroatoms. The largest absolute Gasteiger partial charge is 0.349 e. The van der Waals surface area contributed by atoms with Gasteiger partial charge in [0.25, 0.3) is 11.8 Å². The lowest BCUT2D eigenvalue weighted by Crippen LogP contribution is -2.46. The lowest BCUT2D eigenvalue weighted by molar-refractivity contribution is 0.0693. The Bertz CT molecular complexity index is 973. The van der Waals surface area contributed by atoms with Crippen molar-refractivity contribution >= 4 is 34.5 Å². The molecule has 1 aliphatic heterocycles. The summed E-state index contributed by atoms with van der Waals surface area (Å²) in [6.45, 7) is 3.19. The highest BCUT2D eigenvalue weighted by Gasteiger charge is 2.26. The fraction of sp³-hybridized carbons (Fsp3) is 0.286. The van der Waals surface area contributed by atoms with Gasteiger partial charge in [0.05, 0.1) is 0 Å². The fourth-order valence-corrected chi connectivity index (χ4v) is 4.88. The Morgan fingerprint density at radius 2 is 1.93 bits per heavy atom. The highest BCUT2D eigenvalue weighted by atomic mass is 32.1. The van der Waals surface area contributed by atoms with Crippen LogP contribution >= 0.6 is 22.7 Å². The third-order valence-corrected chi connectivity index (χ3v) is 6.57. The van der Waals surface area contributed by atoms with Gasteiger partial charge >= 0.3 is 0 Å². The van der Waals surface area contributed by atoms with Gasteiger partial charge in [0, 0.05) is 41.0 Å². The lowest BCUT2D eigenvalue weighted by atomic mass is 10.0. The van der Waals surface area contributed by atoms with E-state index < -0.39 is 0 Å². The van der Waals surface area contributed by atoms with E-state index in [1.807, 2.05) is 58.3 Å². The van der Waals surface area contributed by atoms with Crippen LogP contribution in [0.25, 0.3) is 10.6 Å². The van der Waals surface area contributed by atoms with Crippen molar-refractivity contribution in [3.8, 4) is 10.6 Å². The van der Waals surface area contributed by atoms with E-state index in [0.29, 0.717) is 24.3 Å². The molecule has 0 spiro atoms. The Labute approximate surface area is 172 Å². The number of aromatic nitrogens is 1. The van der Waals surface area contributed by atoms with Crippen molar-refractivity contribution in [3.05, 3.63) is 63.3 Å². The molecule has 4 rings (SSSR count). The van der Waals surface area contributed by atoms with Crippen molar-refractivity contribution < 1.29 is 9.59 Å². The molecule has 1 aromatic carbocycles. The minimum absolute atomic E-state index is 0.0265. The van der Waals surface area contributed by atoms with Crippen LogP contribution in [0.1, 0.15) is 39.3 Å². The van der Waals surface area contributed by atoms with Crippen molar-refractivity contribution in [1.29, 1.82) is 0 Å². The maximum Gasteiger partial charge on any atom is 0.273 e. The summed E-state index contributed by atoms with van der Waals surface area (Å²) in [6, 6.07) is 9.69. The second-order valence-electron chi connectivity index (χ2n) is 6.90. The molecule has 5 nitrogen and oxygen atoms in total. The molecule has 0 aliphatic carbocycles. The van der Waals surface area contributed by atoms with Gasteiger partial charge in [-0.25, -0.2) is 4.98 Å². The molecule has 0 atom stereocenters. The van der Waals surface area contributed by atoms with Crippen LogP contribution in [-0.4, -0.2) is 40.8 Å². The Balaban J connectivity index is 1.33. The molecule has 3 heterocycles. The Morgan fingerprint density at radius 1 is 1.14 bits per heavy atom. The van der Waals surface area contributed by atoms with Gasteiger partial charge in [-0.2, -0.15) is 11.3 Å². The van der Waals surface area contributed by atoms with Gasteiger partial charge in [-0.05, 0) is 42.8 Å². The maximum absolute atomic E-state index is 12.8. The number of hydrogen-bond acceptors (Lipinski definition) is 5. The average molecular weight is 412 g/mol. The topological polar surface area (TPSA) is 62.3 Å². The number of benzene rings is 1. The van der Waals surface area contributed by atoms with Crippen LogP contribution in [0, 0.1) is 6.92 Å². The van der Waals surface area contributed by atoms with E-state index in [2.05, 4.69) is 10.3 Å². The van der Waals surface area contributed by atoms with E-state index in [1.54, 1.807) is 11.3 Å². The van der Waals surface area contributed by atoms with E-state index in [4.69, 9.17) is 0 Å². The van der Waals surface area contributed by atoms with Gasteiger partial charge in [-0.3, -0.25) is 9.59 Å². The van der Waals surface area contributed by atoms with Crippen molar-refractivity contribution in [2.24, 2.45) is 0 Å². The van der Waals surface area contributed by atoms with E-state index >= 15 is 0 Å². The van der Waals surface area contributed by atoms with E-state index in [1.165, 1.54) is 11.3 Å². The highest BCUT2D eigenvalue weighted by molar-refractivity contribution is 7.14. The lowest BCUT2D eigenvalue weighted by Gasteiger charge is -2.32. The molecule has 0 bridgehead atoms. The predicted octanol–water partition coefficient (Wildman–Crippen LogP) is 4.21.